The predicted molar refractivity (Wildman–Crippen MR) is 64.4 cm³/mol. The number of halogens is 2. The second kappa shape index (κ2) is 5.64. The van der Waals surface area contributed by atoms with Crippen LogP contribution in [0.4, 0.5) is 8.78 Å². The summed E-state index contributed by atoms with van der Waals surface area (Å²) >= 11 is 0. The van der Waals surface area contributed by atoms with E-state index in [1.807, 2.05) is 0 Å². The minimum atomic E-state index is -1.42. The molecule has 2 aliphatic carbocycles. The molecule has 3 unspecified atom stereocenters. The molecule has 0 amide bonds. The van der Waals surface area contributed by atoms with Crippen LogP contribution in [-0.4, -0.2) is 25.6 Å². The molecule has 1 nitrogen and oxygen atoms in total. The van der Waals surface area contributed by atoms with E-state index >= 15 is 0 Å². The topological polar surface area (TPSA) is 9.23 Å². The Hall–Kier alpha value is -0.180. The van der Waals surface area contributed by atoms with Crippen LogP contribution in [0.3, 0.4) is 0 Å². The van der Waals surface area contributed by atoms with E-state index in [9.17, 15) is 8.78 Å². The maximum atomic E-state index is 14.1. The van der Waals surface area contributed by atoms with E-state index in [0.29, 0.717) is 12.3 Å². The number of hydrogen-bond acceptors (Lipinski definition) is 1. The van der Waals surface area contributed by atoms with Gasteiger partial charge in [-0.15, -0.1) is 0 Å². The summed E-state index contributed by atoms with van der Waals surface area (Å²) in [7, 11) is 1.48. The fourth-order valence-electron chi connectivity index (χ4n) is 3.57. The van der Waals surface area contributed by atoms with Gasteiger partial charge in [-0.25, -0.2) is 8.78 Å². The van der Waals surface area contributed by atoms with Crippen molar-refractivity contribution in [2.75, 3.05) is 7.11 Å². The van der Waals surface area contributed by atoms with Crippen LogP contribution in [0.5, 0.6) is 0 Å². The van der Waals surface area contributed by atoms with Gasteiger partial charge in [0.25, 0.3) is 0 Å². The number of hydrogen-bond donors (Lipinski definition) is 0. The first-order valence-corrected chi connectivity index (χ1v) is 6.94. The molecule has 0 aromatic heterocycles. The van der Waals surface area contributed by atoms with Crippen LogP contribution in [0, 0.1) is 17.8 Å². The van der Waals surface area contributed by atoms with Crippen LogP contribution in [0.25, 0.3) is 0 Å². The van der Waals surface area contributed by atoms with Crippen molar-refractivity contribution in [3.63, 3.8) is 0 Å². The highest BCUT2D eigenvalue weighted by atomic mass is 19.2. The highest BCUT2D eigenvalue weighted by Gasteiger charge is 2.43. The maximum Gasteiger partial charge on any atom is 0.157 e. The van der Waals surface area contributed by atoms with Crippen molar-refractivity contribution in [1.29, 1.82) is 0 Å². The number of alkyl halides is 2. The number of ether oxygens (including phenoxy) is 1. The standard InChI is InChI=1S/C14H24F2O/c1-9-3-5-10(6-4-9)11-7-8-12(17-2)14(16)13(11)15/h9-14H,3-8H2,1-2H3/t9?,10?,11-,12?,13?,14?/m0/s1. The zero-order chi connectivity index (χ0) is 12.4. The summed E-state index contributed by atoms with van der Waals surface area (Å²) in [6.45, 7) is 2.25. The Labute approximate surface area is 103 Å². The van der Waals surface area contributed by atoms with E-state index in [-0.39, 0.29) is 5.92 Å². The normalized spacial score (nSPS) is 48.0. The molecule has 2 rings (SSSR count). The lowest BCUT2D eigenvalue weighted by Crippen LogP contribution is -2.45. The first-order valence-electron chi connectivity index (χ1n) is 6.94. The summed E-state index contributed by atoms with van der Waals surface area (Å²) in [6, 6.07) is 0. The van der Waals surface area contributed by atoms with Gasteiger partial charge >= 0.3 is 0 Å². The van der Waals surface area contributed by atoms with Gasteiger partial charge in [-0.2, -0.15) is 0 Å². The van der Waals surface area contributed by atoms with Crippen LogP contribution >= 0.6 is 0 Å². The van der Waals surface area contributed by atoms with E-state index < -0.39 is 18.4 Å². The van der Waals surface area contributed by atoms with E-state index in [0.717, 1.165) is 25.2 Å². The van der Waals surface area contributed by atoms with Crippen molar-refractivity contribution in [2.24, 2.45) is 17.8 Å². The van der Waals surface area contributed by atoms with Gasteiger partial charge < -0.3 is 4.74 Å². The molecule has 0 N–H and O–H groups in total. The number of methoxy groups -OCH3 is 1. The molecule has 100 valence electrons. The Morgan fingerprint density at radius 3 is 2.12 bits per heavy atom. The third-order valence-corrected chi connectivity index (χ3v) is 4.82. The molecule has 0 spiro atoms. The number of rotatable bonds is 2. The molecule has 4 atom stereocenters. The Kier molecular flexibility index (Phi) is 4.40. The molecule has 2 fully saturated rings. The smallest absolute Gasteiger partial charge is 0.157 e. The average Bonchev–Trinajstić information content (AvgIpc) is 2.34. The molecule has 3 heteroatoms. The molecule has 0 radical (unpaired) electrons. The van der Waals surface area contributed by atoms with E-state index in [1.165, 1.54) is 20.0 Å². The third-order valence-electron chi connectivity index (χ3n) is 4.82. The molecule has 0 aromatic rings. The van der Waals surface area contributed by atoms with Crippen molar-refractivity contribution in [1.82, 2.24) is 0 Å². The second-order valence-electron chi connectivity index (χ2n) is 5.92. The molecule has 2 saturated carbocycles. The zero-order valence-corrected chi connectivity index (χ0v) is 10.9. The lowest BCUT2D eigenvalue weighted by atomic mass is 9.69. The van der Waals surface area contributed by atoms with Crippen molar-refractivity contribution in [3.8, 4) is 0 Å². The van der Waals surface area contributed by atoms with Gasteiger partial charge in [-0.05, 0) is 43.4 Å². The zero-order valence-electron chi connectivity index (χ0n) is 10.9. The van der Waals surface area contributed by atoms with Crippen LogP contribution in [0.1, 0.15) is 45.4 Å². The monoisotopic (exact) mass is 246 g/mol. The highest BCUT2D eigenvalue weighted by Crippen LogP contribution is 2.42. The van der Waals surface area contributed by atoms with Gasteiger partial charge in [0, 0.05) is 7.11 Å². The first-order chi connectivity index (χ1) is 8.13. The summed E-state index contributed by atoms with van der Waals surface area (Å²) in [5.41, 5.74) is 0. The van der Waals surface area contributed by atoms with Crippen molar-refractivity contribution >= 4 is 0 Å². The van der Waals surface area contributed by atoms with Crippen molar-refractivity contribution < 1.29 is 13.5 Å². The Morgan fingerprint density at radius 1 is 0.882 bits per heavy atom. The summed E-state index contributed by atoms with van der Waals surface area (Å²) in [5, 5.41) is 0. The fourth-order valence-corrected chi connectivity index (χ4v) is 3.57. The molecule has 0 heterocycles. The van der Waals surface area contributed by atoms with E-state index in [2.05, 4.69) is 6.92 Å². The van der Waals surface area contributed by atoms with Gasteiger partial charge in [-0.1, -0.05) is 19.8 Å². The quantitative estimate of drug-likeness (QED) is 0.717. The molecule has 0 aromatic carbocycles. The van der Waals surface area contributed by atoms with Crippen LogP contribution in [-0.2, 0) is 4.74 Å². The molecule has 0 bridgehead atoms. The molecular formula is C14H24F2O. The largest absolute Gasteiger partial charge is 0.378 e. The SMILES string of the molecule is COC1CC[C@@H](C2CCC(C)CC2)C(F)C1F. The minimum Gasteiger partial charge on any atom is -0.378 e. The van der Waals surface area contributed by atoms with Gasteiger partial charge in [0.2, 0.25) is 0 Å². The predicted octanol–water partition coefficient (Wildman–Crippen LogP) is 3.91. The van der Waals surface area contributed by atoms with Crippen molar-refractivity contribution in [2.45, 2.75) is 63.9 Å². The third kappa shape index (κ3) is 2.81. The van der Waals surface area contributed by atoms with E-state index in [1.54, 1.807) is 0 Å². The lowest BCUT2D eigenvalue weighted by molar-refractivity contribution is -0.0717. The van der Waals surface area contributed by atoms with Crippen molar-refractivity contribution in [3.05, 3.63) is 0 Å². The average molecular weight is 246 g/mol. The lowest BCUT2D eigenvalue weighted by Gasteiger charge is -2.40. The molecular weight excluding hydrogens is 222 g/mol. The Bertz CT molecular complexity index is 236. The summed E-state index contributed by atoms with van der Waals surface area (Å²) in [4.78, 5) is 0. The second-order valence-corrected chi connectivity index (χ2v) is 5.92. The van der Waals surface area contributed by atoms with Gasteiger partial charge in [0.1, 0.15) is 6.17 Å². The summed E-state index contributed by atoms with van der Waals surface area (Å²) in [5.74, 6) is 1.10. The van der Waals surface area contributed by atoms with Crippen LogP contribution in [0.15, 0.2) is 0 Å². The Balaban J connectivity index is 1.93. The highest BCUT2D eigenvalue weighted by molar-refractivity contribution is 4.92. The van der Waals surface area contributed by atoms with Gasteiger partial charge in [0.15, 0.2) is 6.17 Å². The first kappa shape index (κ1) is 13.3. The summed E-state index contributed by atoms with van der Waals surface area (Å²) < 4.78 is 32.9. The maximum absolute atomic E-state index is 14.1. The molecule has 0 aliphatic heterocycles. The molecule has 2 aliphatic rings. The fraction of sp³-hybridized carbons (Fsp3) is 1.00. The van der Waals surface area contributed by atoms with Crippen LogP contribution in [0.2, 0.25) is 0 Å². The minimum absolute atomic E-state index is 0.0658. The Morgan fingerprint density at radius 2 is 1.53 bits per heavy atom. The molecule has 0 saturated heterocycles. The van der Waals surface area contributed by atoms with E-state index in [4.69, 9.17) is 4.74 Å². The summed E-state index contributed by atoms with van der Waals surface area (Å²) in [6.07, 6.45) is 2.73. The van der Waals surface area contributed by atoms with Gasteiger partial charge in [0.05, 0.1) is 6.10 Å². The molecule has 17 heavy (non-hydrogen) atoms. The van der Waals surface area contributed by atoms with Gasteiger partial charge in [-0.3, -0.25) is 0 Å². The van der Waals surface area contributed by atoms with Crippen LogP contribution < -0.4 is 0 Å².